The van der Waals surface area contributed by atoms with Crippen molar-refractivity contribution in [1.29, 1.82) is 0 Å². The van der Waals surface area contributed by atoms with Crippen LogP contribution in [0.2, 0.25) is 5.02 Å². The molecule has 15 heteroatoms. The van der Waals surface area contributed by atoms with E-state index in [9.17, 15) is 33.9 Å². The van der Waals surface area contributed by atoms with Gasteiger partial charge < -0.3 is 25.9 Å². The van der Waals surface area contributed by atoms with Crippen LogP contribution in [0.4, 0.5) is 0 Å². The topological polar surface area (TPSA) is 176 Å². The first kappa shape index (κ1) is 36.9. The quantitative estimate of drug-likeness (QED) is 0.0818. The van der Waals surface area contributed by atoms with Crippen LogP contribution in [-0.2, 0) is 30.4 Å². The third-order valence-corrected chi connectivity index (χ3v) is 7.65. The van der Waals surface area contributed by atoms with Crippen LogP contribution in [0, 0.1) is 6.92 Å². The molecule has 4 amide bonds. The molecule has 2 aromatic carbocycles. The number of unbranched alkanes of at least 4 members (excludes halogenated alkanes) is 3. The van der Waals surface area contributed by atoms with Gasteiger partial charge in [0.15, 0.2) is 5.75 Å². The Bertz CT molecular complexity index is 1630. The first-order chi connectivity index (χ1) is 22.4. The Morgan fingerprint density at radius 1 is 0.894 bits per heavy atom. The molecule has 4 N–H and O–H groups in total. The van der Waals surface area contributed by atoms with Crippen molar-refractivity contribution in [2.24, 2.45) is 0 Å². The van der Waals surface area contributed by atoms with Crippen LogP contribution in [-0.4, -0.2) is 82.2 Å². The molecule has 0 radical (unpaired) electrons. The minimum absolute atomic E-state index is 0.0827. The average molecular weight is 688 g/mol. The highest BCUT2D eigenvalue weighted by Crippen LogP contribution is 2.31. The van der Waals surface area contributed by atoms with Crippen LogP contribution in [0.5, 0.6) is 5.75 Å². The number of benzene rings is 2. The van der Waals surface area contributed by atoms with E-state index in [4.69, 9.17) is 16.4 Å². The lowest BCUT2D eigenvalue weighted by atomic mass is 10.1. The second-order valence-electron chi connectivity index (χ2n) is 10.6. The first-order valence-corrected chi connectivity index (χ1v) is 16.0. The molecule has 0 saturated heterocycles. The lowest BCUT2D eigenvalue weighted by Gasteiger charge is -2.23. The number of fused-ring (bicyclic) bond motifs is 1. The Morgan fingerprint density at radius 3 is 2.15 bits per heavy atom. The molecule has 3 aromatic rings. The molecule has 1 aromatic heterocycles. The summed E-state index contributed by atoms with van der Waals surface area (Å²) in [6.45, 7) is 2.79. The van der Waals surface area contributed by atoms with Crippen molar-refractivity contribution in [3.63, 3.8) is 0 Å². The van der Waals surface area contributed by atoms with Gasteiger partial charge in [-0.05, 0) is 61.4 Å². The highest BCUT2D eigenvalue weighted by Gasteiger charge is 2.23. The van der Waals surface area contributed by atoms with E-state index < -0.39 is 42.7 Å². The van der Waals surface area contributed by atoms with Crippen molar-refractivity contribution in [2.45, 2.75) is 46.0 Å². The smallest absolute Gasteiger partial charge is 0.307 e. The Balaban J connectivity index is 1.79. The van der Waals surface area contributed by atoms with Crippen LogP contribution >= 0.6 is 24.2 Å². The number of carbonyl (C=O) groups excluding carboxylic acids is 5. The number of hydrogen-bond donors (Lipinski definition) is 5. The van der Waals surface area contributed by atoms with Gasteiger partial charge in [-0.25, -0.2) is 0 Å². The number of hydroxylamine groups is 2. The number of nitrogens with one attached hydrogen (secondary N) is 3. The van der Waals surface area contributed by atoms with E-state index in [1.165, 1.54) is 4.57 Å². The fourth-order valence-corrected chi connectivity index (χ4v) is 4.95. The molecular weight excluding hydrogens is 650 g/mol. The number of hydrogen-bond acceptors (Lipinski definition) is 8. The van der Waals surface area contributed by atoms with E-state index in [2.05, 4.69) is 35.5 Å². The Kier molecular flexibility index (Phi) is 14.1. The molecule has 252 valence electrons. The van der Waals surface area contributed by atoms with Gasteiger partial charge in [0.25, 0.3) is 11.8 Å². The Labute approximate surface area is 282 Å². The van der Waals surface area contributed by atoms with Gasteiger partial charge in [0, 0.05) is 21.7 Å². The highest BCUT2D eigenvalue weighted by molar-refractivity contribution is 7.81. The lowest BCUT2D eigenvalue weighted by molar-refractivity contribution is -0.157. The molecule has 0 aliphatic carbocycles. The van der Waals surface area contributed by atoms with Gasteiger partial charge in [-0.15, -0.1) is 0 Å². The van der Waals surface area contributed by atoms with E-state index in [1.807, 2.05) is 0 Å². The molecule has 0 unspecified atom stereocenters. The van der Waals surface area contributed by atoms with E-state index >= 15 is 0 Å². The summed E-state index contributed by atoms with van der Waals surface area (Å²) in [5.74, 6) is -3.50. The van der Waals surface area contributed by atoms with Gasteiger partial charge in [-0.1, -0.05) is 37.8 Å². The molecule has 0 spiro atoms. The van der Waals surface area contributed by atoms with Crippen LogP contribution in [0.1, 0.15) is 54.2 Å². The minimum atomic E-state index is -1.08. The third kappa shape index (κ3) is 10.7. The second-order valence-corrected chi connectivity index (χ2v) is 11.3. The summed E-state index contributed by atoms with van der Waals surface area (Å²) >= 11 is 9.78. The van der Waals surface area contributed by atoms with E-state index in [0.29, 0.717) is 39.2 Å². The van der Waals surface area contributed by atoms with Gasteiger partial charge in [0.05, 0.1) is 43.9 Å². The van der Waals surface area contributed by atoms with Gasteiger partial charge in [-0.2, -0.15) is 17.7 Å². The molecule has 3 rings (SSSR count). The summed E-state index contributed by atoms with van der Waals surface area (Å²) in [5, 5.41) is 18.8. The zero-order valence-electron chi connectivity index (χ0n) is 26.1. The lowest BCUT2D eigenvalue weighted by Crippen LogP contribution is -2.46. The van der Waals surface area contributed by atoms with Gasteiger partial charge in [0.2, 0.25) is 17.7 Å². The summed E-state index contributed by atoms with van der Waals surface area (Å²) in [6.07, 6.45) is 3.03. The number of amides is 4. The number of rotatable bonds is 17. The van der Waals surface area contributed by atoms with E-state index in [1.54, 1.807) is 49.4 Å². The monoisotopic (exact) mass is 687 g/mol. The normalized spacial score (nSPS) is 10.7. The van der Waals surface area contributed by atoms with Crippen LogP contribution in [0.15, 0.2) is 42.5 Å². The number of carboxylic acid groups (broad SMARTS) is 1. The predicted octanol–water partition coefficient (Wildman–Crippen LogP) is 2.90. The average Bonchev–Trinajstić information content (AvgIpc) is 3.32. The number of nitrogens with zero attached hydrogens (tertiary/aromatic N) is 2. The molecule has 0 bridgehead atoms. The number of aromatic nitrogens is 1. The van der Waals surface area contributed by atoms with Gasteiger partial charge in [0.1, 0.15) is 0 Å². The third-order valence-electron chi connectivity index (χ3n) is 7.11. The highest BCUT2D eigenvalue weighted by atomic mass is 35.5. The number of carboxylic acids is 1. The summed E-state index contributed by atoms with van der Waals surface area (Å²) < 4.78 is 1.44. The van der Waals surface area contributed by atoms with Crippen molar-refractivity contribution in [2.75, 3.05) is 31.9 Å². The molecule has 1 heterocycles. The SMILES string of the molecule is CCCCCCN(Oc1ccc2c(c1)c(CC(=O)O)c(C)n2C(=O)c1ccc(Cl)cc1)C(=O)CNC(=O)CNC(=O)CNC(=O)CS. The molecule has 0 aliphatic heterocycles. The van der Waals surface area contributed by atoms with Crippen molar-refractivity contribution >= 4 is 70.6 Å². The number of aliphatic carboxylic acids is 1. The molecule has 0 saturated carbocycles. The first-order valence-electron chi connectivity index (χ1n) is 15.0. The van der Waals surface area contributed by atoms with Crippen molar-refractivity contribution in [3.8, 4) is 5.75 Å². The fraction of sp³-hybridized carbons (Fsp3) is 0.375. The summed E-state index contributed by atoms with van der Waals surface area (Å²) in [4.78, 5) is 79.8. The maximum atomic E-state index is 13.5. The largest absolute Gasteiger partial charge is 0.481 e. The fourth-order valence-electron chi connectivity index (χ4n) is 4.71. The van der Waals surface area contributed by atoms with E-state index in [-0.39, 0.29) is 36.9 Å². The molecule has 0 fully saturated rings. The van der Waals surface area contributed by atoms with Crippen molar-refractivity contribution < 1.29 is 38.7 Å². The van der Waals surface area contributed by atoms with Crippen LogP contribution in [0.25, 0.3) is 10.9 Å². The number of thiol groups is 1. The van der Waals surface area contributed by atoms with E-state index in [0.717, 1.165) is 24.3 Å². The molecule has 0 atom stereocenters. The molecule has 47 heavy (non-hydrogen) atoms. The predicted molar refractivity (Wildman–Crippen MR) is 179 cm³/mol. The second kappa shape index (κ2) is 18.0. The van der Waals surface area contributed by atoms with Gasteiger partial charge in [-0.3, -0.25) is 33.3 Å². The van der Waals surface area contributed by atoms with Crippen molar-refractivity contribution in [1.82, 2.24) is 25.6 Å². The standard InChI is InChI=1S/C32H38ClN5O8S/c1-3-4-5-6-13-37(30(42)18-36-28(40)16-34-27(39)17-35-29(41)19-47)46-23-11-12-26-25(14-23)24(15-31(43)44)20(2)38(26)32(45)21-7-9-22(33)10-8-21/h7-12,14,47H,3-6,13,15-19H2,1-2H3,(H,34,39)(H,35,41)(H,36,40)(H,43,44). The Hall–Kier alpha value is -4.56. The minimum Gasteiger partial charge on any atom is -0.481 e. The van der Waals surface area contributed by atoms with Gasteiger partial charge >= 0.3 is 5.97 Å². The number of halogens is 1. The summed E-state index contributed by atoms with van der Waals surface area (Å²) in [5.41, 5.74) is 1.69. The molecule has 13 nitrogen and oxygen atoms in total. The maximum Gasteiger partial charge on any atom is 0.307 e. The van der Waals surface area contributed by atoms with Crippen LogP contribution in [0.3, 0.4) is 0 Å². The molecular formula is C32H38ClN5O8S. The zero-order valence-corrected chi connectivity index (χ0v) is 27.8. The van der Waals surface area contributed by atoms with Crippen molar-refractivity contribution in [3.05, 3.63) is 64.3 Å². The summed E-state index contributed by atoms with van der Waals surface area (Å²) in [6, 6.07) is 11.1. The zero-order chi connectivity index (χ0) is 34.5. The molecule has 0 aliphatic rings. The number of carbonyl (C=O) groups is 6. The summed E-state index contributed by atoms with van der Waals surface area (Å²) in [7, 11) is 0. The Morgan fingerprint density at radius 2 is 1.53 bits per heavy atom. The maximum absolute atomic E-state index is 13.5. The van der Waals surface area contributed by atoms with Crippen LogP contribution < -0.4 is 20.8 Å².